The SMILES string of the molecule is CCN(CCN(C)C)C1(CN)CCC(C)CC1. The Kier molecular flexibility index (Phi) is 5.90. The zero-order chi connectivity index (χ0) is 12.9. The summed E-state index contributed by atoms with van der Waals surface area (Å²) in [5, 5.41) is 0. The van der Waals surface area contributed by atoms with Crippen LogP contribution in [0.1, 0.15) is 39.5 Å². The number of likely N-dealkylation sites (N-methyl/N-ethyl adjacent to an activating group) is 2. The summed E-state index contributed by atoms with van der Waals surface area (Å²) in [7, 11) is 4.29. The molecule has 102 valence electrons. The van der Waals surface area contributed by atoms with Crippen LogP contribution in [0.2, 0.25) is 0 Å². The van der Waals surface area contributed by atoms with Crippen molar-refractivity contribution in [2.75, 3.05) is 40.3 Å². The van der Waals surface area contributed by atoms with Crippen LogP contribution in [0.15, 0.2) is 0 Å². The van der Waals surface area contributed by atoms with Gasteiger partial charge in [-0.15, -0.1) is 0 Å². The molecule has 17 heavy (non-hydrogen) atoms. The Morgan fingerprint density at radius 1 is 1.18 bits per heavy atom. The molecule has 0 aliphatic heterocycles. The van der Waals surface area contributed by atoms with E-state index in [0.717, 1.165) is 32.1 Å². The van der Waals surface area contributed by atoms with Crippen molar-refractivity contribution in [1.82, 2.24) is 9.80 Å². The second kappa shape index (κ2) is 6.72. The highest BCUT2D eigenvalue weighted by atomic mass is 15.2. The molecule has 0 spiro atoms. The van der Waals surface area contributed by atoms with E-state index in [9.17, 15) is 0 Å². The Labute approximate surface area is 107 Å². The van der Waals surface area contributed by atoms with Crippen molar-refractivity contribution < 1.29 is 0 Å². The van der Waals surface area contributed by atoms with Crippen molar-refractivity contribution in [3.05, 3.63) is 0 Å². The third kappa shape index (κ3) is 3.94. The molecule has 1 rings (SSSR count). The second-order valence-corrected chi connectivity index (χ2v) is 5.99. The van der Waals surface area contributed by atoms with Crippen molar-refractivity contribution >= 4 is 0 Å². The first-order chi connectivity index (χ1) is 8.04. The zero-order valence-electron chi connectivity index (χ0n) is 12.2. The Morgan fingerprint density at radius 3 is 2.18 bits per heavy atom. The molecule has 1 fully saturated rings. The van der Waals surface area contributed by atoms with Crippen molar-refractivity contribution in [2.45, 2.75) is 45.1 Å². The maximum absolute atomic E-state index is 6.11. The molecule has 0 aromatic heterocycles. The number of nitrogens with zero attached hydrogens (tertiary/aromatic N) is 2. The van der Waals surface area contributed by atoms with Crippen LogP contribution in [0, 0.1) is 5.92 Å². The summed E-state index contributed by atoms with van der Waals surface area (Å²) in [5.41, 5.74) is 6.40. The van der Waals surface area contributed by atoms with Crippen LogP contribution in [-0.4, -0.2) is 55.6 Å². The van der Waals surface area contributed by atoms with E-state index >= 15 is 0 Å². The molecule has 1 saturated carbocycles. The molecule has 1 aliphatic carbocycles. The monoisotopic (exact) mass is 241 g/mol. The third-order valence-corrected chi connectivity index (χ3v) is 4.45. The number of hydrogen-bond acceptors (Lipinski definition) is 3. The van der Waals surface area contributed by atoms with Crippen LogP contribution < -0.4 is 5.73 Å². The van der Waals surface area contributed by atoms with Crippen LogP contribution in [0.5, 0.6) is 0 Å². The smallest absolute Gasteiger partial charge is 0.0332 e. The van der Waals surface area contributed by atoms with Gasteiger partial charge in [0.2, 0.25) is 0 Å². The molecule has 0 bridgehead atoms. The molecule has 0 atom stereocenters. The van der Waals surface area contributed by atoms with Gasteiger partial charge in [-0.05, 0) is 52.2 Å². The van der Waals surface area contributed by atoms with Crippen molar-refractivity contribution in [3.63, 3.8) is 0 Å². The fourth-order valence-electron chi connectivity index (χ4n) is 3.00. The van der Waals surface area contributed by atoms with Gasteiger partial charge in [-0.1, -0.05) is 13.8 Å². The van der Waals surface area contributed by atoms with Crippen LogP contribution >= 0.6 is 0 Å². The lowest BCUT2D eigenvalue weighted by Crippen LogP contribution is -2.56. The summed E-state index contributed by atoms with van der Waals surface area (Å²) in [4.78, 5) is 4.89. The van der Waals surface area contributed by atoms with Crippen LogP contribution in [0.3, 0.4) is 0 Å². The number of hydrogen-bond donors (Lipinski definition) is 1. The lowest BCUT2D eigenvalue weighted by Gasteiger charge is -2.47. The number of rotatable bonds is 6. The molecule has 0 unspecified atom stereocenters. The van der Waals surface area contributed by atoms with Gasteiger partial charge in [0, 0.05) is 25.2 Å². The third-order valence-electron chi connectivity index (χ3n) is 4.45. The van der Waals surface area contributed by atoms with Crippen LogP contribution in [0.4, 0.5) is 0 Å². The van der Waals surface area contributed by atoms with E-state index < -0.39 is 0 Å². The highest BCUT2D eigenvalue weighted by molar-refractivity contribution is 4.95. The lowest BCUT2D eigenvalue weighted by atomic mass is 9.76. The van der Waals surface area contributed by atoms with E-state index in [2.05, 4.69) is 37.7 Å². The molecule has 0 aromatic carbocycles. The molecular weight excluding hydrogens is 210 g/mol. The average molecular weight is 241 g/mol. The van der Waals surface area contributed by atoms with Crippen LogP contribution in [0.25, 0.3) is 0 Å². The normalized spacial score (nSPS) is 30.2. The highest BCUT2D eigenvalue weighted by Crippen LogP contribution is 2.35. The molecule has 0 saturated heterocycles. The largest absolute Gasteiger partial charge is 0.329 e. The number of nitrogens with two attached hydrogens (primary N) is 1. The van der Waals surface area contributed by atoms with E-state index in [4.69, 9.17) is 5.73 Å². The van der Waals surface area contributed by atoms with Gasteiger partial charge in [0.1, 0.15) is 0 Å². The fraction of sp³-hybridized carbons (Fsp3) is 1.00. The molecule has 3 nitrogen and oxygen atoms in total. The second-order valence-electron chi connectivity index (χ2n) is 5.99. The van der Waals surface area contributed by atoms with Crippen molar-refractivity contribution in [1.29, 1.82) is 0 Å². The first-order valence-corrected chi connectivity index (χ1v) is 7.14. The molecule has 0 radical (unpaired) electrons. The van der Waals surface area contributed by atoms with Gasteiger partial charge in [-0.25, -0.2) is 0 Å². The Hall–Kier alpha value is -0.120. The fourth-order valence-corrected chi connectivity index (χ4v) is 3.00. The molecule has 0 amide bonds. The maximum atomic E-state index is 6.11. The van der Waals surface area contributed by atoms with Gasteiger partial charge >= 0.3 is 0 Å². The minimum absolute atomic E-state index is 0.289. The summed E-state index contributed by atoms with van der Waals surface area (Å²) < 4.78 is 0. The summed E-state index contributed by atoms with van der Waals surface area (Å²) in [6.07, 6.45) is 5.25. The molecule has 0 aromatic rings. The lowest BCUT2D eigenvalue weighted by molar-refractivity contribution is 0.0442. The van der Waals surface area contributed by atoms with Crippen molar-refractivity contribution in [3.8, 4) is 0 Å². The van der Waals surface area contributed by atoms with E-state index in [1.54, 1.807) is 0 Å². The van der Waals surface area contributed by atoms with Gasteiger partial charge in [0.15, 0.2) is 0 Å². The molecule has 2 N–H and O–H groups in total. The molecule has 1 aliphatic rings. The Balaban J connectivity index is 2.61. The van der Waals surface area contributed by atoms with Gasteiger partial charge in [-0.3, -0.25) is 4.90 Å². The van der Waals surface area contributed by atoms with Gasteiger partial charge in [0.05, 0.1) is 0 Å². The molecule has 3 heteroatoms. The van der Waals surface area contributed by atoms with Gasteiger partial charge < -0.3 is 10.6 Å². The molecular formula is C14H31N3. The van der Waals surface area contributed by atoms with E-state index in [1.165, 1.54) is 25.7 Å². The Morgan fingerprint density at radius 2 is 1.76 bits per heavy atom. The first kappa shape index (κ1) is 14.9. The summed E-state index contributed by atoms with van der Waals surface area (Å²) >= 11 is 0. The molecule has 0 heterocycles. The van der Waals surface area contributed by atoms with Crippen molar-refractivity contribution in [2.24, 2.45) is 11.7 Å². The zero-order valence-corrected chi connectivity index (χ0v) is 12.2. The minimum atomic E-state index is 0.289. The van der Waals surface area contributed by atoms with Gasteiger partial charge in [-0.2, -0.15) is 0 Å². The topological polar surface area (TPSA) is 32.5 Å². The van der Waals surface area contributed by atoms with E-state index in [0.29, 0.717) is 0 Å². The first-order valence-electron chi connectivity index (χ1n) is 7.14. The van der Waals surface area contributed by atoms with Crippen LogP contribution in [-0.2, 0) is 0 Å². The summed E-state index contributed by atoms with van der Waals surface area (Å²) in [6.45, 7) is 8.86. The minimum Gasteiger partial charge on any atom is -0.329 e. The summed E-state index contributed by atoms with van der Waals surface area (Å²) in [5.74, 6) is 0.891. The quantitative estimate of drug-likeness (QED) is 0.769. The Bertz CT molecular complexity index is 208. The van der Waals surface area contributed by atoms with E-state index in [-0.39, 0.29) is 5.54 Å². The predicted molar refractivity (Wildman–Crippen MR) is 75.2 cm³/mol. The van der Waals surface area contributed by atoms with E-state index in [1.807, 2.05) is 0 Å². The standard InChI is InChI=1S/C14H31N3/c1-5-17(11-10-16(3)4)14(12-15)8-6-13(2)7-9-14/h13H,5-12,15H2,1-4H3. The maximum Gasteiger partial charge on any atom is 0.0332 e. The highest BCUT2D eigenvalue weighted by Gasteiger charge is 2.37. The predicted octanol–water partition coefficient (Wildman–Crippen LogP) is 1.78. The average Bonchev–Trinajstić information content (AvgIpc) is 2.32. The van der Waals surface area contributed by atoms with Gasteiger partial charge in [0.25, 0.3) is 0 Å². The summed E-state index contributed by atoms with van der Waals surface area (Å²) in [6, 6.07) is 0.